The van der Waals surface area contributed by atoms with E-state index in [-0.39, 0.29) is 0 Å². The van der Waals surface area contributed by atoms with Gasteiger partial charge in [0.25, 0.3) is 0 Å². The predicted octanol–water partition coefficient (Wildman–Crippen LogP) is 1.15. The van der Waals surface area contributed by atoms with Gasteiger partial charge in [0, 0.05) is 0 Å². The maximum atomic E-state index is 5.88. The molecule has 12 heavy (non-hydrogen) atoms. The molecular formula is C9H7BClN. The summed E-state index contributed by atoms with van der Waals surface area (Å²) in [4.78, 5) is 4.24. The maximum absolute atomic E-state index is 5.88. The lowest BCUT2D eigenvalue weighted by Gasteiger charge is -1.99. The zero-order valence-corrected chi connectivity index (χ0v) is 7.47. The molecule has 0 fully saturated rings. The molecule has 1 nitrogen and oxygen atoms in total. The highest BCUT2D eigenvalue weighted by Crippen LogP contribution is 2.11. The van der Waals surface area contributed by atoms with Crippen LogP contribution in [0.3, 0.4) is 0 Å². The van der Waals surface area contributed by atoms with Crippen molar-refractivity contribution in [3.05, 3.63) is 35.5 Å². The molecule has 2 rings (SSSR count). The zero-order valence-electron chi connectivity index (χ0n) is 6.71. The molecule has 0 aliphatic rings. The molecule has 1 heterocycles. The van der Waals surface area contributed by atoms with Crippen molar-refractivity contribution < 1.29 is 0 Å². The van der Waals surface area contributed by atoms with E-state index in [1.807, 2.05) is 38.2 Å². The van der Waals surface area contributed by atoms with E-state index in [2.05, 4.69) is 4.98 Å². The molecule has 0 aliphatic carbocycles. The summed E-state index contributed by atoms with van der Waals surface area (Å²) in [6.07, 6.45) is 0. The standard InChI is InChI=1S/C9H7BClN/c10-7-5-6-3-1-2-4-8(6)12-9(7)11/h1-5H,10H2. The Hall–Kier alpha value is -1.02. The number of halogens is 1. The van der Waals surface area contributed by atoms with Crippen LogP contribution in [-0.4, -0.2) is 12.8 Å². The molecule has 0 spiro atoms. The fourth-order valence-electron chi connectivity index (χ4n) is 1.20. The monoisotopic (exact) mass is 175 g/mol. The van der Waals surface area contributed by atoms with Gasteiger partial charge in [-0.25, -0.2) is 4.98 Å². The minimum Gasteiger partial charge on any atom is -0.237 e. The first-order valence-corrected chi connectivity index (χ1v) is 4.17. The topological polar surface area (TPSA) is 12.9 Å². The number of nitrogens with zero attached hydrogens (tertiary/aromatic N) is 1. The highest BCUT2D eigenvalue weighted by Gasteiger charge is 1.98. The van der Waals surface area contributed by atoms with Crippen LogP contribution in [0.4, 0.5) is 0 Å². The maximum Gasteiger partial charge on any atom is 0.143 e. The van der Waals surface area contributed by atoms with Gasteiger partial charge in [-0.15, -0.1) is 0 Å². The first-order chi connectivity index (χ1) is 5.77. The van der Waals surface area contributed by atoms with Crippen LogP contribution >= 0.6 is 11.6 Å². The first kappa shape index (κ1) is 7.62. The quantitative estimate of drug-likeness (QED) is 0.432. The van der Waals surface area contributed by atoms with Crippen molar-refractivity contribution in [3.8, 4) is 0 Å². The van der Waals surface area contributed by atoms with Crippen LogP contribution in [0.1, 0.15) is 0 Å². The van der Waals surface area contributed by atoms with Gasteiger partial charge >= 0.3 is 0 Å². The van der Waals surface area contributed by atoms with E-state index < -0.39 is 0 Å². The number of aromatic nitrogens is 1. The average Bonchev–Trinajstić information content (AvgIpc) is 2.07. The van der Waals surface area contributed by atoms with Crippen molar-refractivity contribution in [2.75, 3.05) is 0 Å². The third-order valence-electron chi connectivity index (χ3n) is 1.85. The molecule has 1 aromatic heterocycles. The Morgan fingerprint density at radius 3 is 2.83 bits per heavy atom. The number of rotatable bonds is 0. The summed E-state index contributed by atoms with van der Waals surface area (Å²) in [6.45, 7) is 0. The SMILES string of the molecule is Bc1cc2ccccc2nc1Cl. The second-order valence-electron chi connectivity index (χ2n) is 2.79. The van der Waals surface area contributed by atoms with E-state index >= 15 is 0 Å². The van der Waals surface area contributed by atoms with Crippen molar-refractivity contribution in [1.29, 1.82) is 0 Å². The fraction of sp³-hybridized carbons (Fsp3) is 0. The highest BCUT2D eigenvalue weighted by molar-refractivity contribution is 6.44. The summed E-state index contributed by atoms with van der Waals surface area (Å²) in [6, 6.07) is 10.00. The molecule has 0 amide bonds. The summed E-state index contributed by atoms with van der Waals surface area (Å²) in [5.41, 5.74) is 1.98. The van der Waals surface area contributed by atoms with E-state index in [0.29, 0.717) is 5.15 Å². The second-order valence-corrected chi connectivity index (χ2v) is 3.15. The molecule has 0 saturated heterocycles. The van der Waals surface area contributed by atoms with Crippen LogP contribution in [-0.2, 0) is 0 Å². The van der Waals surface area contributed by atoms with E-state index in [9.17, 15) is 0 Å². The third-order valence-corrected chi connectivity index (χ3v) is 2.24. The van der Waals surface area contributed by atoms with Gasteiger partial charge in [0.1, 0.15) is 13.0 Å². The number of hydrogen-bond donors (Lipinski definition) is 0. The minimum absolute atomic E-state index is 0.591. The summed E-state index contributed by atoms with van der Waals surface area (Å²) < 4.78 is 0. The van der Waals surface area contributed by atoms with Gasteiger partial charge in [0.15, 0.2) is 0 Å². The third kappa shape index (κ3) is 1.19. The normalized spacial score (nSPS) is 10.4. The lowest BCUT2D eigenvalue weighted by Crippen LogP contribution is -2.05. The van der Waals surface area contributed by atoms with Crippen LogP contribution < -0.4 is 5.46 Å². The highest BCUT2D eigenvalue weighted by atomic mass is 35.5. The van der Waals surface area contributed by atoms with Crippen molar-refractivity contribution in [2.45, 2.75) is 0 Å². The van der Waals surface area contributed by atoms with Crippen molar-refractivity contribution in [1.82, 2.24) is 4.98 Å². The number of pyridine rings is 1. The second kappa shape index (κ2) is 2.79. The molecule has 0 bridgehead atoms. The zero-order chi connectivity index (χ0) is 8.55. The Labute approximate surface area is 76.8 Å². The summed E-state index contributed by atoms with van der Waals surface area (Å²) in [7, 11) is 1.96. The molecule has 3 heteroatoms. The smallest absolute Gasteiger partial charge is 0.143 e. The van der Waals surface area contributed by atoms with E-state index in [4.69, 9.17) is 11.6 Å². The van der Waals surface area contributed by atoms with Crippen LogP contribution in [0.15, 0.2) is 30.3 Å². The molecular weight excluding hydrogens is 168 g/mol. The van der Waals surface area contributed by atoms with Crippen LogP contribution in [0, 0.1) is 0 Å². The van der Waals surface area contributed by atoms with Crippen molar-refractivity contribution >= 4 is 35.8 Å². The molecule has 0 saturated carbocycles. The molecule has 0 N–H and O–H groups in total. The fourth-order valence-corrected chi connectivity index (χ4v) is 1.34. The molecule has 58 valence electrons. The lowest BCUT2D eigenvalue weighted by atomic mass is 9.97. The van der Waals surface area contributed by atoms with Gasteiger partial charge < -0.3 is 0 Å². The summed E-state index contributed by atoms with van der Waals surface area (Å²) in [5.74, 6) is 0. The molecule has 0 atom stereocenters. The minimum atomic E-state index is 0.591. The Kier molecular flexibility index (Phi) is 1.78. The number of fused-ring (bicyclic) bond motifs is 1. The van der Waals surface area contributed by atoms with Gasteiger partial charge in [-0.3, -0.25) is 0 Å². The Morgan fingerprint density at radius 1 is 1.25 bits per heavy atom. The van der Waals surface area contributed by atoms with E-state index in [0.717, 1.165) is 16.4 Å². The number of hydrogen-bond acceptors (Lipinski definition) is 1. The van der Waals surface area contributed by atoms with Gasteiger partial charge in [-0.05, 0) is 11.5 Å². The molecule has 2 aromatic rings. The molecule has 1 aromatic carbocycles. The molecule has 0 radical (unpaired) electrons. The lowest BCUT2D eigenvalue weighted by molar-refractivity contribution is 1.43. The van der Waals surface area contributed by atoms with Gasteiger partial charge in [0.05, 0.1) is 5.52 Å². The van der Waals surface area contributed by atoms with Crippen LogP contribution in [0.5, 0.6) is 0 Å². The van der Waals surface area contributed by atoms with Crippen LogP contribution in [0.2, 0.25) is 5.15 Å². The predicted molar refractivity (Wildman–Crippen MR) is 54.9 cm³/mol. The summed E-state index contributed by atoms with van der Waals surface area (Å²) >= 11 is 5.88. The van der Waals surface area contributed by atoms with Crippen molar-refractivity contribution in [2.24, 2.45) is 0 Å². The van der Waals surface area contributed by atoms with Crippen molar-refractivity contribution in [3.63, 3.8) is 0 Å². The Bertz CT molecular complexity index is 387. The summed E-state index contributed by atoms with van der Waals surface area (Å²) in [5, 5.41) is 1.73. The van der Waals surface area contributed by atoms with Crippen LogP contribution in [0.25, 0.3) is 10.9 Å². The Morgan fingerprint density at radius 2 is 2.00 bits per heavy atom. The van der Waals surface area contributed by atoms with E-state index in [1.165, 1.54) is 0 Å². The molecule has 0 unspecified atom stereocenters. The molecule has 0 aliphatic heterocycles. The van der Waals surface area contributed by atoms with Gasteiger partial charge in [-0.2, -0.15) is 0 Å². The average molecular weight is 175 g/mol. The van der Waals surface area contributed by atoms with Gasteiger partial charge in [-0.1, -0.05) is 41.3 Å². The largest absolute Gasteiger partial charge is 0.237 e. The Balaban J connectivity index is 2.84. The van der Waals surface area contributed by atoms with Gasteiger partial charge in [0.2, 0.25) is 0 Å². The number of benzene rings is 1. The van der Waals surface area contributed by atoms with E-state index in [1.54, 1.807) is 0 Å². The number of para-hydroxylation sites is 1. The first-order valence-electron chi connectivity index (χ1n) is 3.79.